The monoisotopic (exact) mass is 209 g/mol. The quantitative estimate of drug-likeness (QED) is 0.693. The van der Waals surface area contributed by atoms with Crippen LogP contribution in [-0.4, -0.2) is 44.9 Å². The lowest BCUT2D eigenvalue weighted by Crippen LogP contribution is -2.44. The van der Waals surface area contributed by atoms with Crippen LogP contribution in [0.1, 0.15) is 12.8 Å². The van der Waals surface area contributed by atoms with Crippen molar-refractivity contribution in [3.63, 3.8) is 0 Å². The van der Waals surface area contributed by atoms with Crippen LogP contribution in [0.25, 0.3) is 0 Å². The average Bonchev–Trinajstić information content (AvgIpc) is 2.71. The van der Waals surface area contributed by atoms with Crippen molar-refractivity contribution in [2.24, 2.45) is 5.73 Å². The number of carbonyl (C=O) groups is 1. The van der Waals surface area contributed by atoms with Gasteiger partial charge in [0.25, 0.3) is 0 Å². The van der Waals surface area contributed by atoms with Gasteiger partial charge in [-0.25, -0.2) is 4.68 Å². The minimum absolute atomic E-state index is 0.0902. The SMILES string of the molecule is NC1CCN(C(=O)Cn2ccnn2)CC1. The van der Waals surface area contributed by atoms with E-state index in [4.69, 9.17) is 5.73 Å². The van der Waals surface area contributed by atoms with Gasteiger partial charge in [0, 0.05) is 25.3 Å². The fraction of sp³-hybridized carbons (Fsp3) is 0.667. The molecule has 0 saturated carbocycles. The molecule has 0 bridgehead atoms. The standard InChI is InChI=1S/C9H15N5O/c10-8-1-4-13(5-2-8)9(15)7-14-6-3-11-12-14/h3,6,8H,1-2,4-5,7,10H2. The van der Waals surface area contributed by atoms with Crippen LogP contribution in [0.4, 0.5) is 0 Å². The molecule has 2 rings (SSSR count). The van der Waals surface area contributed by atoms with Gasteiger partial charge in [-0.05, 0) is 12.8 Å². The van der Waals surface area contributed by atoms with E-state index >= 15 is 0 Å². The van der Waals surface area contributed by atoms with E-state index in [1.54, 1.807) is 12.4 Å². The summed E-state index contributed by atoms with van der Waals surface area (Å²) in [4.78, 5) is 13.6. The maximum atomic E-state index is 11.8. The zero-order valence-corrected chi connectivity index (χ0v) is 8.54. The first-order valence-corrected chi connectivity index (χ1v) is 5.13. The molecule has 15 heavy (non-hydrogen) atoms. The zero-order valence-electron chi connectivity index (χ0n) is 8.54. The first-order chi connectivity index (χ1) is 7.25. The number of hydrogen-bond donors (Lipinski definition) is 1. The highest BCUT2D eigenvalue weighted by Crippen LogP contribution is 2.08. The molecule has 0 spiro atoms. The van der Waals surface area contributed by atoms with Crippen LogP contribution in [0.3, 0.4) is 0 Å². The second-order valence-electron chi connectivity index (χ2n) is 3.82. The number of rotatable bonds is 2. The number of aromatic nitrogens is 3. The molecule has 2 heterocycles. The van der Waals surface area contributed by atoms with Crippen LogP contribution in [-0.2, 0) is 11.3 Å². The third kappa shape index (κ3) is 2.53. The third-order valence-corrected chi connectivity index (χ3v) is 2.66. The summed E-state index contributed by atoms with van der Waals surface area (Å²) in [5.74, 6) is 0.0902. The molecule has 0 radical (unpaired) electrons. The predicted molar refractivity (Wildman–Crippen MR) is 53.8 cm³/mol. The molecule has 0 unspecified atom stereocenters. The molecule has 1 aliphatic heterocycles. The Kier molecular flexibility index (Phi) is 2.96. The molecule has 0 aliphatic carbocycles. The van der Waals surface area contributed by atoms with Crippen molar-refractivity contribution in [1.29, 1.82) is 0 Å². The summed E-state index contributed by atoms with van der Waals surface area (Å²) in [7, 11) is 0. The predicted octanol–water partition coefficient (Wildman–Crippen LogP) is -0.772. The molecule has 6 nitrogen and oxygen atoms in total. The largest absolute Gasteiger partial charge is 0.341 e. The maximum Gasteiger partial charge on any atom is 0.244 e. The Labute approximate surface area is 88.0 Å². The van der Waals surface area contributed by atoms with Gasteiger partial charge in [-0.1, -0.05) is 5.21 Å². The molecule has 82 valence electrons. The van der Waals surface area contributed by atoms with E-state index in [0.29, 0.717) is 0 Å². The van der Waals surface area contributed by atoms with Gasteiger partial charge in [0.1, 0.15) is 6.54 Å². The summed E-state index contributed by atoms with van der Waals surface area (Å²) in [6, 6.07) is 0.250. The zero-order chi connectivity index (χ0) is 10.7. The summed E-state index contributed by atoms with van der Waals surface area (Å²) in [5.41, 5.74) is 5.77. The topological polar surface area (TPSA) is 77.0 Å². The molecule has 1 aromatic rings. The molecule has 0 aromatic carbocycles. The van der Waals surface area contributed by atoms with E-state index in [-0.39, 0.29) is 18.5 Å². The number of likely N-dealkylation sites (tertiary alicyclic amines) is 1. The number of carbonyl (C=O) groups excluding carboxylic acids is 1. The number of nitrogens with zero attached hydrogens (tertiary/aromatic N) is 4. The van der Waals surface area contributed by atoms with E-state index in [2.05, 4.69) is 10.3 Å². The molecular weight excluding hydrogens is 194 g/mol. The van der Waals surface area contributed by atoms with E-state index in [0.717, 1.165) is 25.9 Å². The Balaban J connectivity index is 1.86. The fourth-order valence-electron chi connectivity index (χ4n) is 1.70. The maximum absolute atomic E-state index is 11.8. The summed E-state index contributed by atoms with van der Waals surface area (Å²) >= 11 is 0. The van der Waals surface area contributed by atoms with Crippen molar-refractivity contribution < 1.29 is 4.79 Å². The van der Waals surface area contributed by atoms with Gasteiger partial charge < -0.3 is 10.6 Å². The lowest BCUT2D eigenvalue weighted by Gasteiger charge is -2.30. The number of piperidine rings is 1. The van der Waals surface area contributed by atoms with Crippen molar-refractivity contribution in [1.82, 2.24) is 19.9 Å². The van der Waals surface area contributed by atoms with Crippen LogP contribution >= 0.6 is 0 Å². The molecule has 1 saturated heterocycles. The normalized spacial score (nSPS) is 18.1. The van der Waals surface area contributed by atoms with Crippen LogP contribution in [0.2, 0.25) is 0 Å². The Morgan fingerprint density at radius 2 is 2.20 bits per heavy atom. The lowest BCUT2D eigenvalue weighted by atomic mass is 10.1. The summed E-state index contributed by atoms with van der Waals surface area (Å²) in [6.45, 7) is 1.79. The van der Waals surface area contributed by atoms with Crippen molar-refractivity contribution in [3.8, 4) is 0 Å². The fourth-order valence-corrected chi connectivity index (χ4v) is 1.70. The van der Waals surface area contributed by atoms with Gasteiger partial charge in [-0.2, -0.15) is 0 Å². The molecule has 1 fully saturated rings. The second-order valence-corrected chi connectivity index (χ2v) is 3.82. The van der Waals surface area contributed by atoms with Crippen LogP contribution in [0.5, 0.6) is 0 Å². The molecular formula is C9H15N5O. The number of nitrogens with two attached hydrogens (primary N) is 1. The van der Waals surface area contributed by atoms with Gasteiger partial charge >= 0.3 is 0 Å². The van der Waals surface area contributed by atoms with Crippen LogP contribution in [0, 0.1) is 0 Å². The van der Waals surface area contributed by atoms with Crippen molar-refractivity contribution in [3.05, 3.63) is 12.4 Å². The number of hydrogen-bond acceptors (Lipinski definition) is 4. The highest BCUT2D eigenvalue weighted by Gasteiger charge is 2.20. The van der Waals surface area contributed by atoms with E-state index in [9.17, 15) is 4.79 Å². The molecule has 2 N–H and O–H groups in total. The highest BCUT2D eigenvalue weighted by molar-refractivity contribution is 5.75. The van der Waals surface area contributed by atoms with E-state index < -0.39 is 0 Å². The van der Waals surface area contributed by atoms with Gasteiger partial charge in [-0.3, -0.25) is 4.79 Å². The Hall–Kier alpha value is -1.43. The summed E-state index contributed by atoms with van der Waals surface area (Å²) in [6.07, 6.45) is 5.04. The first-order valence-electron chi connectivity index (χ1n) is 5.13. The van der Waals surface area contributed by atoms with Crippen molar-refractivity contribution in [2.75, 3.05) is 13.1 Å². The average molecular weight is 209 g/mol. The van der Waals surface area contributed by atoms with Gasteiger partial charge in [0.05, 0.1) is 6.20 Å². The van der Waals surface area contributed by atoms with E-state index in [1.165, 1.54) is 4.68 Å². The molecule has 1 aliphatic rings. The molecule has 1 aromatic heterocycles. The lowest BCUT2D eigenvalue weighted by molar-refractivity contribution is -0.133. The van der Waals surface area contributed by atoms with Gasteiger partial charge in [0.15, 0.2) is 0 Å². The third-order valence-electron chi connectivity index (χ3n) is 2.66. The summed E-state index contributed by atoms with van der Waals surface area (Å²) < 4.78 is 1.54. The van der Waals surface area contributed by atoms with E-state index in [1.807, 2.05) is 4.90 Å². The van der Waals surface area contributed by atoms with Gasteiger partial charge in [0.2, 0.25) is 5.91 Å². The van der Waals surface area contributed by atoms with Crippen LogP contribution in [0.15, 0.2) is 12.4 Å². The molecule has 1 amide bonds. The Morgan fingerprint density at radius 1 is 1.47 bits per heavy atom. The Morgan fingerprint density at radius 3 is 2.80 bits per heavy atom. The second kappa shape index (κ2) is 4.39. The number of amides is 1. The van der Waals surface area contributed by atoms with Crippen LogP contribution < -0.4 is 5.73 Å². The van der Waals surface area contributed by atoms with Crippen molar-refractivity contribution >= 4 is 5.91 Å². The summed E-state index contributed by atoms with van der Waals surface area (Å²) in [5, 5.41) is 7.42. The molecule has 6 heteroatoms. The highest BCUT2D eigenvalue weighted by atomic mass is 16.2. The van der Waals surface area contributed by atoms with Gasteiger partial charge in [-0.15, -0.1) is 5.10 Å². The Bertz CT molecular complexity index is 315. The minimum atomic E-state index is 0.0902. The molecule has 0 atom stereocenters. The first kappa shape index (κ1) is 10.1. The smallest absolute Gasteiger partial charge is 0.244 e. The van der Waals surface area contributed by atoms with Crippen molar-refractivity contribution in [2.45, 2.75) is 25.4 Å². The minimum Gasteiger partial charge on any atom is -0.341 e.